The van der Waals surface area contributed by atoms with Crippen LogP contribution >= 0.6 is 11.3 Å². The Morgan fingerprint density at radius 2 is 1.97 bits per heavy atom. The number of carbonyl (C=O) groups excluding carboxylic acids is 3. The SMILES string of the molecule is COC(=O)Cc1csc(NC(=O)COC(=O)c2c(-c3ccccc3)noc2C)n1. The van der Waals surface area contributed by atoms with Crippen molar-refractivity contribution in [2.45, 2.75) is 13.3 Å². The van der Waals surface area contributed by atoms with Gasteiger partial charge in [0.2, 0.25) is 0 Å². The van der Waals surface area contributed by atoms with Crippen LogP contribution < -0.4 is 5.32 Å². The molecule has 3 aromatic rings. The van der Waals surface area contributed by atoms with E-state index in [0.29, 0.717) is 22.7 Å². The number of aromatic nitrogens is 2. The van der Waals surface area contributed by atoms with Gasteiger partial charge in [-0.1, -0.05) is 35.5 Å². The molecule has 0 bridgehead atoms. The van der Waals surface area contributed by atoms with Crippen molar-refractivity contribution in [1.29, 1.82) is 0 Å². The molecule has 1 amide bonds. The Hall–Kier alpha value is -3.53. The molecule has 1 aromatic carbocycles. The van der Waals surface area contributed by atoms with Crippen LogP contribution in [-0.2, 0) is 25.5 Å². The zero-order chi connectivity index (χ0) is 20.8. The van der Waals surface area contributed by atoms with Crippen molar-refractivity contribution in [3.8, 4) is 11.3 Å². The van der Waals surface area contributed by atoms with Gasteiger partial charge in [0.1, 0.15) is 17.0 Å². The van der Waals surface area contributed by atoms with E-state index in [1.54, 1.807) is 24.4 Å². The summed E-state index contributed by atoms with van der Waals surface area (Å²) in [4.78, 5) is 39.9. The quantitative estimate of drug-likeness (QED) is 0.585. The molecular weight excluding hydrogens is 398 g/mol. The molecule has 0 atom stereocenters. The molecule has 0 aliphatic carbocycles. The summed E-state index contributed by atoms with van der Waals surface area (Å²) in [6, 6.07) is 9.03. The number of carbonyl (C=O) groups is 3. The molecule has 0 spiro atoms. The number of anilines is 1. The van der Waals surface area contributed by atoms with Crippen LogP contribution in [0.1, 0.15) is 21.8 Å². The number of esters is 2. The Bertz CT molecular complexity index is 1030. The van der Waals surface area contributed by atoms with Crippen LogP contribution in [0.3, 0.4) is 0 Å². The molecule has 0 aliphatic heterocycles. The third-order valence-corrected chi connectivity index (χ3v) is 4.61. The minimum Gasteiger partial charge on any atom is -0.469 e. The summed E-state index contributed by atoms with van der Waals surface area (Å²) in [5.41, 5.74) is 1.68. The summed E-state index contributed by atoms with van der Waals surface area (Å²) in [6.07, 6.45) is 0.00683. The molecule has 150 valence electrons. The molecule has 2 heterocycles. The van der Waals surface area contributed by atoms with Gasteiger partial charge in [-0.15, -0.1) is 11.3 Å². The van der Waals surface area contributed by atoms with Crippen molar-refractivity contribution in [2.75, 3.05) is 19.0 Å². The van der Waals surface area contributed by atoms with Crippen molar-refractivity contribution < 1.29 is 28.4 Å². The van der Waals surface area contributed by atoms with Gasteiger partial charge in [-0.25, -0.2) is 9.78 Å². The van der Waals surface area contributed by atoms with E-state index in [1.165, 1.54) is 7.11 Å². The first kappa shape index (κ1) is 20.2. The molecule has 0 fully saturated rings. The minimum atomic E-state index is -0.719. The predicted molar refractivity (Wildman–Crippen MR) is 103 cm³/mol. The van der Waals surface area contributed by atoms with Crippen LogP contribution in [0.15, 0.2) is 40.2 Å². The molecule has 29 heavy (non-hydrogen) atoms. The highest BCUT2D eigenvalue weighted by molar-refractivity contribution is 7.13. The maximum Gasteiger partial charge on any atom is 0.344 e. The second kappa shape index (κ2) is 9.11. The summed E-state index contributed by atoms with van der Waals surface area (Å²) in [7, 11) is 1.28. The molecule has 0 saturated carbocycles. The number of hydrogen-bond donors (Lipinski definition) is 1. The third-order valence-electron chi connectivity index (χ3n) is 3.80. The van der Waals surface area contributed by atoms with Crippen LogP contribution in [0.2, 0.25) is 0 Å². The second-order valence-electron chi connectivity index (χ2n) is 5.85. The topological polar surface area (TPSA) is 121 Å². The fourth-order valence-electron chi connectivity index (χ4n) is 2.43. The fraction of sp³-hybridized carbons (Fsp3) is 0.211. The van der Waals surface area contributed by atoms with Crippen molar-refractivity contribution in [3.05, 3.63) is 52.7 Å². The van der Waals surface area contributed by atoms with Gasteiger partial charge in [0.05, 0.1) is 19.2 Å². The number of aryl methyl sites for hydroxylation is 1. The number of ether oxygens (including phenoxy) is 2. The van der Waals surface area contributed by atoms with Crippen LogP contribution in [0, 0.1) is 6.92 Å². The Kier molecular flexibility index (Phi) is 6.35. The third kappa shape index (κ3) is 5.05. The highest BCUT2D eigenvalue weighted by Crippen LogP contribution is 2.25. The van der Waals surface area contributed by atoms with E-state index in [0.717, 1.165) is 11.3 Å². The monoisotopic (exact) mass is 415 g/mol. The predicted octanol–water partition coefficient (Wildman–Crippen LogP) is 2.62. The van der Waals surface area contributed by atoms with Gasteiger partial charge in [-0.05, 0) is 6.92 Å². The summed E-state index contributed by atoms with van der Waals surface area (Å²) in [5.74, 6) is -1.42. The number of nitrogens with zero attached hydrogens (tertiary/aromatic N) is 2. The summed E-state index contributed by atoms with van der Waals surface area (Å²) in [5, 5.41) is 8.35. The van der Waals surface area contributed by atoms with Gasteiger partial charge in [-0.3, -0.25) is 14.9 Å². The van der Waals surface area contributed by atoms with E-state index < -0.39 is 24.5 Å². The Labute approximate surface area is 169 Å². The van der Waals surface area contributed by atoms with Crippen molar-refractivity contribution in [2.24, 2.45) is 0 Å². The highest BCUT2D eigenvalue weighted by atomic mass is 32.1. The fourth-order valence-corrected chi connectivity index (χ4v) is 3.16. The number of amides is 1. The molecule has 2 aromatic heterocycles. The first-order chi connectivity index (χ1) is 14.0. The summed E-state index contributed by atoms with van der Waals surface area (Å²) in [6.45, 7) is 1.08. The first-order valence-electron chi connectivity index (χ1n) is 8.47. The van der Waals surface area contributed by atoms with Gasteiger partial charge in [0.15, 0.2) is 11.7 Å². The number of rotatable bonds is 7. The van der Waals surface area contributed by atoms with E-state index in [1.807, 2.05) is 18.2 Å². The number of benzene rings is 1. The Morgan fingerprint density at radius 1 is 1.21 bits per heavy atom. The molecule has 9 nitrogen and oxygen atoms in total. The average Bonchev–Trinajstić information content (AvgIpc) is 3.32. The van der Waals surface area contributed by atoms with Gasteiger partial charge in [0.25, 0.3) is 5.91 Å². The lowest BCUT2D eigenvalue weighted by atomic mass is 10.1. The van der Waals surface area contributed by atoms with Crippen LogP contribution in [-0.4, -0.2) is 41.7 Å². The molecule has 1 N–H and O–H groups in total. The zero-order valence-electron chi connectivity index (χ0n) is 15.6. The van der Waals surface area contributed by atoms with Gasteiger partial charge in [0, 0.05) is 10.9 Å². The number of methoxy groups -OCH3 is 1. The largest absolute Gasteiger partial charge is 0.469 e. The second-order valence-corrected chi connectivity index (χ2v) is 6.71. The molecule has 10 heteroatoms. The molecule has 0 unspecified atom stereocenters. The highest BCUT2D eigenvalue weighted by Gasteiger charge is 2.23. The standard InChI is InChI=1S/C19H17N3O6S/c1-11-16(17(22-28-11)12-6-4-3-5-7-12)18(25)27-9-14(23)21-19-20-13(10-29-19)8-15(24)26-2/h3-7,10H,8-9H2,1-2H3,(H,20,21,23). The lowest BCUT2D eigenvalue weighted by Gasteiger charge is -2.05. The van der Waals surface area contributed by atoms with Crippen LogP contribution in [0.4, 0.5) is 5.13 Å². The molecule has 0 radical (unpaired) electrons. The first-order valence-corrected chi connectivity index (χ1v) is 9.35. The van der Waals surface area contributed by atoms with Gasteiger partial charge >= 0.3 is 11.9 Å². The van der Waals surface area contributed by atoms with E-state index in [2.05, 4.69) is 20.2 Å². The Balaban J connectivity index is 1.59. The lowest BCUT2D eigenvalue weighted by molar-refractivity contribution is -0.139. The zero-order valence-corrected chi connectivity index (χ0v) is 16.4. The van der Waals surface area contributed by atoms with Crippen molar-refractivity contribution in [3.63, 3.8) is 0 Å². The van der Waals surface area contributed by atoms with E-state index >= 15 is 0 Å². The normalized spacial score (nSPS) is 10.4. The molecular formula is C19H17N3O6S. The maximum atomic E-state index is 12.5. The number of nitrogens with one attached hydrogen (secondary N) is 1. The van der Waals surface area contributed by atoms with Gasteiger partial charge in [-0.2, -0.15) is 0 Å². The van der Waals surface area contributed by atoms with Crippen LogP contribution in [0.5, 0.6) is 0 Å². The number of thiazole rings is 1. The molecule has 0 aliphatic rings. The number of hydrogen-bond acceptors (Lipinski definition) is 9. The van der Waals surface area contributed by atoms with E-state index in [9.17, 15) is 14.4 Å². The van der Waals surface area contributed by atoms with Crippen LogP contribution in [0.25, 0.3) is 11.3 Å². The summed E-state index contributed by atoms with van der Waals surface area (Å²) >= 11 is 1.15. The summed E-state index contributed by atoms with van der Waals surface area (Å²) < 4.78 is 14.8. The smallest absolute Gasteiger partial charge is 0.344 e. The van der Waals surface area contributed by atoms with Crippen molar-refractivity contribution in [1.82, 2.24) is 10.1 Å². The molecule has 3 rings (SSSR count). The van der Waals surface area contributed by atoms with E-state index in [4.69, 9.17) is 9.26 Å². The lowest BCUT2D eigenvalue weighted by Crippen LogP contribution is -2.21. The average molecular weight is 415 g/mol. The van der Waals surface area contributed by atoms with E-state index in [-0.39, 0.29) is 17.1 Å². The minimum absolute atomic E-state index is 0.00683. The molecule has 0 saturated heterocycles. The Morgan fingerprint density at radius 3 is 2.69 bits per heavy atom. The maximum absolute atomic E-state index is 12.5. The van der Waals surface area contributed by atoms with Gasteiger partial charge < -0.3 is 14.0 Å². The van der Waals surface area contributed by atoms with Crippen molar-refractivity contribution >= 4 is 34.3 Å².